The molecule has 0 aliphatic carbocycles. The van der Waals surface area contributed by atoms with Gasteiger partial charge in [-0.2, -0.15) is 0 Å². The Morgan fingerprint density at radius 3 is 2.31 bits per heavy atom. The predicted octanol–water partition coefficient (Wildman–Crippen LogP) is 3.48. The van der Waals surface area contributed by atoms with Gasteiger partial charge < -0.3 is 56.1 Å². The zero-order valence-corrected chi connectivity index (χ0v) is 38.3. The van der Waals surface area contributed by atoms with Crippen LogP contribution in [-0.2, 0) is 35.0 Å². The number of amides is 4. The maximum atomic E-state index is 12.9. The molecule has 4 aromatic rings. The Morgan fingerprint density at radius 2 is 1.61 bits per heavy atom. The molecule has 1 saturated heterocycles. The molecule has 0 bridgehead atoms. The first-order chi connectivity index (χ1) is 30.8. The van der Waals surface area contributed by atoms with Crippen molar-refractivity contribution < 1.29 is 38.5 Å². The Kier molecular flexibility index (Phi) is 19.6. The molecule has 0 spiro atoms. The highest BCUT2D eigenvalue weighted by Gasteiger charge is 2.29. The van der Waals surface area contributed by atoms with Crippen molar-refractivity contribution in [2.45, 2.75) is 58.7 Å². The maximum absolute atomic E-state index is 12.9. The quantitative estimate of drug-likeness (QED) is 0.0553. The van der Waals surface area contributed by atoms with Crippen molar-refractivity contribution in [3.05, 3.63) is 87.6 Å². The molecule has 4 amide bonds. The molecule has 5 rings (SSSR count). The fourth-order valence-electron chi connectivity index (χ4n) is 6.69. The Balaban J connectivity index is 0.917. The Hall–Kier alpha value is -5.28. The number of thiazole rings is 1. The number of aliphatic hydroxyl groups excluding tert-OH is 1. The van der Waals surface area contributed by atoms with Gasteiger partial charge in [0.1, 0.15) is 41.1 Å². The number of ether oxygens (including phenoxy) is 3. The number of nitrogens with two attached hydrogens (primary N) is 1. The van der Waals surface area contributed by atoms with Gasteiger partial charge in [0.15, 0.2) is 5.13 Å². The normalized spacial score (nSPS) is 14.2. The number of piperazine rings is 1. The van der Waals surface area contributed by atoms with Gasteiger partial charge in [-0.25, -0.2) is 15.0 Å². The number of carbonyl (C=O) groups is 4. The first kappa shape index (κ1) is 49.7. The van der Waals surface area contributed by atoms with Gasteiger partial charge in [0.2, 0.25) is 11.8 Å². The second-order valence-corrected chi connectivity index (χ2v) is 17.1. The monoisotopic (exact) mass is 922 g/mol. The lowest BCUT2D eigenvalue weighted by molar-refractivity contribution is -0.137. The molecule has 346 valence electrons. The van der Waals surface area contributed by atoms with Gasteiger partial charge in [-0.05, 0) is 49.8 Å². The number of halogens is 1. The molecule has 2 aromatic carbocycles. The van der Waals surface area contributed by atoms with Gasteiger partial charge in [-0.3, -0.25) is 19.2 Å². The van der Waals surface area contributed by atoms with Crippen LogP contribution in [0.3, 0.4) is 0 Å². The van der Waals surface area contributed by atoms with Crippen molar-refractivity contribution >= 4 is 69.0 Å². The topological polar surface area (TPSA) is 235 Å². The van der Waals surface area contributed by atoms with Crippen LogP contribution in [0.5, 0.6) is 0 Å². The van der Waals surface area contributed by atoms with Gasteiger partial charge in [-0.1, -0.05) is 79.2 Å². The molecule has 7 N–H and O–H groups in total. The van der Waals surface area contributed by atoms with Crippen LogP contribution in [-0.4, -0.2) is 139 Å². The average Bonchev–Trinajstić information content (AvgIpc) is 3.74. The van der Waals surface area contributed by atoms with Crippen molar-refractivity contribution in [3.8, 4) is 0 Å². The van der Waals surface area contributed by atoms with Crippen molar-refractivity contribution in [1.29, 1.82) is 0 Å². The predicted molar refractivity (Wildman–Crippen MR) is 246 cm³/mol. The third-order valence-corrected chi connectivity index (χ3v) is 11.3. The lowest BCUT2D eigenvalue weighted by atomic mass is 10.00. The molecule has 2 aromatic heterocycles. The average molecular weight is 924 g/mol. The first-order valence-corrected chi connectivity index (χ1v) is 22.4. The van der Waals surface area contributed by atoms with Crippen molar-refractivity contribution in [2.75, 3.05) is 87.9 Å². The van der Waals surface area contributed by atoms with Gasteiger partial charge in [0.05, 0.1) is 49.9 Å². The third kappa shape index (κ3) is 15.8. The number of nitrogens with one attached hydrogen (secondary N) is 4. The van der Waals surface area contributed by atoms with E-state index >= 15 is 0 Å². The van der Waals surface area contributed by atoms with Crippen LogP contribution in [0.1, 0.15) is 46.9 Å². The minimum atomic E-state index is -1.47. The van der Waals surface area contributed by atoms with Crippen LogP contribution in [0.2, 0.25) is 5.02 Å². The van der Waals surface area contributed by atoms with E-state index in [0.29, 0.717) is 83.8 Å². The number of anilines is 4. The number of aryl methyl sites for hydroxylation is 2. The van der Waals surface area contributed by atoms with Gasteiger partial charge in [-0.15, -0.1) is 0 Å². The summed E-state index contributed by atoms with van der Waals surface area (Å²) in [5.41, 5.74) is 8.41. The fraction of sp³-hybridized carbons (Fsp3) is 0.477. The number of hydrogen-bond acceptors (Lipinski definition) is 15. The van der Waals surface area contributed by atoms with Crippen LogP contribution < -0.4 is 31.9 Å². The summed E-state index contributed by atoms with van der Waals surface area (Å²) in [5, 5.41) is 23.0. The van der Waals surface area contributed by atoms with E-state index in [4.69, 9.17) is 31.5 Å². The van der Waals surface area contributed by atoms with E-state index in [1.165, 1.54) is 17.5 Å². The summed E-state index contributed by atoms with van der Waals surface area (Å²) in [5.74, 6) is 0.415. The highest BCUT2D eigenvalue weighted by atomic mass is 35.5. The minimum Gasteiger partial charge on any atom is -0.382 e. The molecule has 3 heterocycles. The number of para-hydroxylation sites is 1. The molecule has 0 saturated carbocycles. The summed E-state index contributed by atoms with van der Waals surface area (Å²) in [6.45, 7) is 11.2. The Bertz CT molecular complexity index is 2120. The van der Waals surface area contributed by atoms with E-state index in [9.17, 15) is 24.3 Å². The van der Waals surface area contributed by atoms with E-state index in [2.05, 4.69) is 41.1 Å². The van der Waals surface area contributed by atoms with Crippen LogP contribution in [0.25, 0.3) is 0 Å². The van der Waals surface area contributed by atoms with E-state index < -0.39 is 24.1 Å². The molecule has 0 radical (unpaired) electrons. The molecular formula is C44H59ClN10O8S. The van der Waals surface area contributed by atoms with Crippen LogP contribution in [0.4, 0.5) is 22.5 Å². The third-order valence-electron chi connectivity index (χ3n) is 10.0. The van der Waals surface area contributed by atoms with E-state index in [1.807, 2.05) is 69.3 Å². The van der Waals surface area contributed by atoms with Crippen LogP contribution in [0.15, 0.2) is 60.8 Å². The van der Waals surface area contributed by atoms with E-state index in [0.717, 1.165) is 11.1 Å². The molecule has 20 heteroatoms. The zero-order chi connectivity index (χ0) is 46.0. The smallest absolute Gasteiger partial charge is 0.267 e. The number of nitrogens with zero attached hydrogens (tertiary/aromatic N) is 5. The van der Waals surface area contributed by atoms with E-state index in [1.54, 1.807) is 17.9 Å². The SMILES string of the molecule is Cc1nc(Nc2ncc(C(=O)Nc3c(C)cccc3Cl)s2)cc(N2CCN(C(=O)COCCOCCOCCNC(=O)C(CC(C)C)NC(=O)C(O)C(N)Cc3ccccc3)CC2)n1. The number of carbonyl (C=O) groups excluding carboxylic acids is 4. The summed E-state index contributed by atoms with van der Waals surface area (Å²) < 4.78 is 16.7. The van der Waals surface area contributed by atoms with Gasteiger partial charge in [0, 0.05) is 44.8 Å². The molecule has 64 heavy (non-hydrogen) atoms. The van der Waals surface area contributed by atoms with Gasteiger partial charge in [0.25, 0.3) is 11.8 Å². The number of rotatable bonds is 24. The molecule has 1 aliphatic heterocycles. The summed E-state index contributed by atoms with van der Waals surface area (Å²) in [6.07, 6.45) is 0.725. The number of benzene rings is 2. The van der Waals surface area contributed by atoms with Gasteiger partial charge >= 0.3 is 0 Å². The highest BCUT2D eigenvalue weighted by Crippen LogP contribution is 2.28. The zero-order valence-electron chi connectivity index (χ0n) is 36.7. The van der Waals surface area contributed by atoms with E-state index in [-0.39, 0.29) is 63.2 Å². The summed E-state index contributed by atoms with van der Waals surface area (Å²) in [4.78, 5) is 69.2. The largest absolute Gasteiger partial charge is 0.382 e. The number of aliphatic hydroxyl groups is 1. The van der Waals surface area contributed by atoms with Crippen LogP contribution in [0, 0.1) is 19.8 Å². The van der Waals surface area contributed by atoms with Crippen LogP contribution >= 0.6 is 22.9 Å². The Labute approximate surface area is 382 Å². The molecule has 1 fully saturated rings. The molecule has 3 atom stereocenters. The molecule has 18 nitrogen and oxygen atoms in total. The molecule has 3 unspecified atom stereocenters. The second kappa shape index (κ2) is 25.3. The maximum Gasteiger partial charge on any atom is 0.267 e. The number of aromatic nitrogens is 3. The van der Waals surface area contributed by atoms with Crippen molar-refractivity contribution in [2.24, 2.45) is 11.7 Å². The Morgan fingerprint density at radius 1 is 0.906 bits per heavy atom. The lowest BCUT2D eigenvalue weighted by Gasteiger charge is -2.35. The highest BCUT2D eigenvalue weighted by molar-refractivity contribution is 7.17. The summed E-state index contributed by atoms with van der Waals surface area (Å²) in [7, 11) is 0. The van der Waals surface area contributed by atoms with Crippen molar-refractivity contribution in [3.63, 3.8) is 0 Å². The minimum absolute atomic E-state index is 0.0657. The number of hydrogen-bond donors (Lipinski definition) is 6. The standard InChI is InChI=1S/C44H59ClN10O8S/c1-28(2)23-34(51-43(60)40(57)33(46)24-31-10-6-5-7-11-31)41(58)47-13-18-61-19-20-62-21-22-63-27-38(56)55-16-14-54(15-17-55)37-25-36(49-30(4)50-37)52-44-48-26-35(64-44)42(59)53-39-29(3)9-8-12-32(39)45/h5-12,25-26,28,33-34,40,57H,13-24,27,46H2,1-4H3,(H,47,58)(H,51,60)(H,53,59)(H,48,49,50,52). The second-order valence-electron chi connectivity index (χ2n) is 15.6. The summed E-state index contributed by atoms with van der Waals surface area (Å²) in [6, 6.07) is 14.9. The molecular weight excluding hydrogens is 864 g/mol. The van der Waals surface area contributed by atoms with Crippen molar-refractivity contribution in [1.82, 2.24) is 30.5 Å². The fourth-order valence-corrected chi connectivity index (χ4v) is 7.67. The lowest BCUT2D eigenvalue weighted by Crippen LogP contribution is -2.54. The first-order valence-electron chi connectivity index (χ1n) is 21.2. The summed E-state index contributed by atoms with van der Waals surface area (Å²) >= 11 is 7.47. The molecule has 1 aliphatic rings.